The van der Waals surface area contributed by atoms with Crippen molar-refractivity contribution in [1.29, 1.82) is 0 Å². The molecule has 0 saturated heterocycles. The third-order valence-electron chi connectivity index (χ3n) is 1.54. The Morgan fingerprint density at radius 3 is 3.08 bits per heavy atom. The average Bonchev–Trinajstić information content (AvgIpc) is 2.55. The van der Waals surface area contributed by atoms with Gasteiger partial charge in [-0.15, -0.1) is 0 Å². The van der Waals surface area contributed by atoms with E-state index in [1.165, 1.54) is 0 Å². The van der Waals surface area contributed by atoms with Crippen molar-refractivity contribution in [3.8, 4) is 0 Å². The highest BCUT2D eigenvalue weighted by Gasteiger charge is 2.05. The lowest BCUT2D eigenvalue weighted by molar-refractivity contribution is 0.209. The van der Waals surface area contributed by atoms with Crippen LogP contribution in [-0.2, 0) is 6.54 Å². The van der Waals surface area contributed by atoms with Crippen molar-refractivity contribution in [2.24, 2.45) is 0 Å². The van der Waals surface area contributed by atoms with Crippen LogP contribution in [0.5, 0.6) is 0 Å². The normalized spacial score (nSPS) is 9.50. The number of nitrogens with one attached hydrogen (secondary N) is 2. The molecule has 1 aromatic rings. The zero-order valence-electron chi connectivity index (χ0n) is 7.16. The molecule has 12 heavy (non-hydrogen) atoms. The molecule has 2 N–H and O–H groups in total. The van der Waals surface area contributed by atoms with E-state index >= 15 is 0 Å². The van der Waals surface area contributed by atoms with Gasteiger partial charge in [-0.25, -0.2) is 4.79 Å². The van der Waals surface area contributed by atoms with Crippen molar-refractivity contribution >= 4 is 6.03 Å². The van der Waals surface area contributed by atoms with Crippen molar-refractivity contribution in [2.75, 3.05) is 14.1 Å². The van der Waals surface area contributed by atoms with Gasteiger partial charge >= 0.3 is 6.03 Å². The molecule has 0 aromatic carbocycles. The first-order chi connectivity index (χ1) is 5.74. The van der Waals surface area contributed by atoms with Gasteiger partial charge < -0.3 is 10.2 Å². The Morgan fingerprint density at radius 1 is 1.83 bits per heavy atom. The van der Waals surface area contributed by atoms with E-state index in [0.29, 0.717) is 6.54 Å². The Morgan fingerprint density at radius 2 is 2.58 bits per heavy atom. The third-order valence-corrected chi connectivity index (χ3v) is 1.54. The van der Waals surface area contributed by atoms with E-state index < -0.39 is 0 Å². The van der Waals surface area contributed by atoms with Gasteiger partial charge in [-0.05, 0) is 0 Å². The minimum Gasteiger partial charge on any atom is -0.341 e. The number of rotatable bonds is 2. The Hall–Kier alpha value is -1.52. The number of nitrogens with zero attached hydrogens (tertiary/aromatic N) is 2. The maximum atomic E-state index is 11.0. The third kappa shape index (κ3) is 1.98. The average molecular weight is 168 g/mol. The van der Waals surface area contributed by atoms with Gasteiger partial charge in [-0.3, -0.25) is 5.10 Å². The van der Waals surface area contributed by atoms with E-state index in [9.17, 15) is 4.79 Å². The molecule has 5 nitrogen and oxygen atoms in total. The van der Waals surface area contributed by atoms with Crippen LogP contribution in [0, 0.1) is 0 Å². The molecule has 0 spiro atoms. The first kappa shape index (κ1) is 8.58. The zero-order chi connectivity index (χ0) is 8.97. The van der Waals surface area contributed by atoms with Gasteiger partial charge in [0.2, 0.25) is 0 Å². The fourth-order valence-corrected chi connectivity index (χ4v) is 0.901. The first-order valence-electron chi connectivity index (χ1n) is 3.64. The summed E-state index contributed by atoms with van der Waals surface area (Å²) in [6.07, 6.45) is 3.46. The highest BCUT2D eigenvalue weighted by molar-refractivity contribution is 5.73. The lowest BCUT2D eigenvalue weighted by Gasteiger charge is -2.14. The van der Waals surface area contributed by atoms with Gasteiger partial charge in [0.1, 0.15) is 0 Å². The molecule has 0 unspecified atom stereocenters. The molecule has 0 atom stereocenters. The number of hydrogen-bond donors (Lipinski definition) is 2. The Bertz CT molecular complexity index is 244. The summed E-state index contributed by atoms with van der Waals surface area (Å²) in [6.45, 7) is 0.566. The van der Waals surface area contributed by atoms with Crippen LogP contribution in [-0.4, -0.2) is 35.2 Å². The molecule has 0 bridgehead atoms. The van der Waals surface area contributed by atoms with Gasteiger partial charge in [0.15, 0.2) is 0 Å². The summed E-state index contributed by atoms with van der Waals surface area (Å²) in [6, 6.07) is -0.101. The van der Waals surface area contributed by atoms with Gasteiger partial charge in [0.05, 0.1) is 12.7 Å². The predicted octanol–water partition coefficient (Wildman–Crippen LogP) is 0.181. The van der Waals surface area contributed by atoms with E-state index in [-0.39, 0.29) is 6.03 Å². The molecule has 0 aliphatic rings. The van der Waals surface area contributed by atoms with Crippen LogP contribution >= 0.6 is 0 Å². The van der Waals surface area contributed by atoms with Crippen molar-refractivity contribution < 1.29 is 4.79 Å². The van der Waals surface area contributed by atoms with Crippen LogP contribution in [0.2, 0.25) is 0 Å². The molecule has 5 heteroatoms. The standard InChI is InChI=1S/C7H12N4O/c1-8-7(12)11(2)5-6-3-9-10-4-6/h3-4H,5H2,1-2H3,(H,8,12)(H,9,10). The summed E-state index contributed by atoms with van der Waals surface area (Å²) in [4.78, 5) is 12.6. The van der Waals surface area contributed by atoms with Crippen molar-refractivity contribution in [2.45, 2.75) is 6.54 Å². The van der Waals surface area contributed by atoms with Crippen LogP contribution in [0.4, 0.5) is 4.79 Å². The Kier molecular flexibility index (Phi) is 2.68. The largest absolute Gasteiger partial charge is 0.341 e. The van der Waals surface area contributed by atoms with E-state index in [1.54, 1.807) is 31.4 Å². The maximum absolute atomic E-state index is 11.0. The first-order valence-corrected chi connectivity index (χ1v) is 3.64. The number of aromatic nitrogens is 2. The molecule has 0 fully saturated rings. The SMILES string of the molecule is CNC(=O)N(C)Cc1cn[nH]c1. The van der Waals surface area contributed by atoms with Gasteiger partial charge in [-0.1, -0.05) is 0 Å². The fourth-order valence-electron chi connectivity index (χ4n) is 0.901. The second-order valence-corrected chi connectivity index (χ2v) is 2.52. The molecule has 0 aliphatic carbocycles. The topological polar surface area (TPSA) is 61.0 Å². The van der Waals surface area contributed by atoms with Gasteiger partial charge in [0, 0.05) is 25.9 Å². The van der Waals surface area contributed by atoms with E-state index in [4.69, 9.17) is 0 Å². The lowest BCUT2D eigenvalue weighted by Crippen LogP contribution is -2.34. The van der Waals surface area contributed by atoms with Gasteiger partial charge in [-0.2, -0.15) is 5.10 Å². The van der Waals surface area contributed by atoms with Gasteiger partial charge in [0.25, 0.3) is 0 Å². The second-order valence-electron chi connectivity index (χ2n) is 2.52. The predicted molar refractivity (Wildman–Crippen MR) is 44.5 cm³/mol. The minimum atomic E-state index is -0.101. The molecule has 0 radical (unpaired) electrons. The number of hydrogen-bond acceptors (Lipinski definition) is 2. The maximum Gasteiger partial charge on any atom is 0.317 e. The molecular formula is C7H12N4O. The Balaban J connectivity index is 2.47. The molecular weight excluding hydrogens is 156 g/mol. The Labute approximate surface area is 70.8 Å². The summed E-state index contributed by atoms with van der Waals surface area (Å²) in [5.74, 6) is 0. The van der Waals surface area contributed by atoms with Crippen molar-refractivity contribution in [3.63, 3.8) is 0 Å². The summed E-state index contributed by atoms with van der Waals surface area (Å²) in [7, 11) is 3.33. The molecule has 2 amide bonds. The summed E-state index contributed by atoms with van der Waals surface area (Å²) in [5.41, 5.74) is 0.987. The summed E-state index contributed by atoms with van der Waals surface area (Å²) in [5, 5.41) is 8.99. The van der Waals surface area contributed by atoms with Crippen molar-refractivity contribution in [3.05, 3.63) is 18.0 Å². The fraction of sp³-hybridized carbons (Fsp3) is 0.429. The van der Waals surface area contributed by atoms with Crippen LogP contribution in [0.1, 0.15) is 5.56 Å². The number of carbonyl (C=O) groups is 1. The molecule has 1 heterocycles. The van der Waals surface area contributed by atoms with Crippen LogP contribution < -0.4 is 5.32 Å². The highest BCUT2D eigenvalue weighted by atomic mass is 16.2. The smallest absolute Gasteiger partial charge is 0.317 e. The van der Waals surface area contributed by atoms with Crippen LogP contribution in [0.15, 0.2) is 12.4 Å². The lowest BCUT2D eigenvalue weighted by atomic mass is 10.3. The second kappa shape index (κ2) is 3.75. The van der Waals surface area contributed by atoms with Crippen LogP contribution in [0.25, 0.3) is 0 Å². The van der Waals surface area contributed by atoms with Crippen LogP contribution in [0.3, 0.4) is 0 Å². The number of aromatic amines is 1. The quantitative estimate of drug-likeness (QED) is 0.661. The number of H-pyrrole nitrogens is 1. The molecule has 0 aliphatic heterocycles. The highest BCUT2D eigenvalue weighted by Crippen LogP contribution is 1.98. The molecule has 1 aromatic heterocycles. The molecule has 66 valence electrons. The minimum absolute atomic E-state index is 0.101. The van der Waals surface area contributed by atoms with E-state index in [1.807, 2.05) is 0 Å². The number of urea groups is 1. The molecule has 1 rings (SSSR count). The summed E-state index contributed by atoms with van der Waals surface area (Å²) >= 11 is 0. The number of amides is 2. The zero-order valence-corrected chi connectivity index (χ0v) is 7.16. The molecule has 0 saturated carbocycles. The van der Waals surface area contributed by atoms with E-state index in [0.717, 1.165) is 5.56 Å². The monoisotopic (exact) mass is 168 g/mol. The van der Waals surface area contributed by atoms with Crippen molar-refractivity contribution in [1.82, 2.24) is 20.4 Å². The van der Waals surface area contributed by atoms with E-state index in [2.05, 4.69) is 15.5 Å². The summed E-state index contributed by atoms with van der Waals surface area (Å²) < 4.78 is 0. The number of carbonyl (C=O) groups excluding carboxylic acids is 1.